The van der Waals surface area contributed by atoms with E-state index in [-0.39, 0.29) is 16.6 Å². The summed E-state index contributed by atoms with van der Waals surface area (Å²) in [7, 11) is 0. The third kappa shape index (κ3) is 3.98. The Balaban J connectivity index is 2.83. The van der Waals surface area contributed by atoms with Gasteiger partial charge in [0.2, 0.25) is 0 Å². The number of rotatable bonds is 4. The number of halogens is 1. The Labute approximate surface area is 106 Å². The van der Waals surface area contributed by atoms with Crippen molar-refractivity contribution in [3.8, 4) is 0 Å². The molecule has 0 amide bonds. The molecule has 0 saturated carbocycles. The Morgan fingerprint density at radius 2 is 1.94 bits per heavy atom. The maximum atomic E-state index is 13.6. The molecule has 0 spiro atoms. The minimum absolute atomic E-state index is 0.212. The van der Waals surface area contributed by atoms with E-state index in [2.05, 4.69) is 4.72 Å². The van der Waals surface area contributed by atoms with Crippen molar-refractivity contribution < 1.29 is 8.94 Å². The number of nitrogens with one attached hydrogen (secondary N) is 1. The summed E-state index contributed by atoms with van der Waals surface area (Å²) in [4.78, 5) is 0. The zero-order chi connectivity index (χ0) is 13.1. The van der Waals surface area contributed by atoms with Gasteiger partial charge >= 0.3 is 0 Å². The van der Waals surface area contributed by atoms with Crippen LogP contribution >= 0.6 is 0 Å². The maximum absolute atomic E-state index is 13.6. The van der Waals surface area contributed by atoms with Crippen LogP contribution in [0.3, 0.4) is 0 Å². The molecule has 0 aliphatic rings. The highest BCUT2D eigenvalue weighted by atomic mass is 32.2. The molecule has 0 bridgehead atoms. The average Bonchev–Trinajstić information content (AvgIpc) is 2.25. The Bertz CT molecular complexity index is 365. The molecule has 0 aromatic heterocycles. The molecule has 0 aliphatic heterocycles. The predicted molar refractivity (Wildman–Crippen MR) is 70.5 cm³/mol. The van der Waals surface area contributed by atoms with Gasteiger partial charge in [0.1, 0.15) is 10.6 Å². The minimum Gasteiger partial charge on any atom is -0.598 e. The first-order valence-corrected chi connectivity index (χ1v) is 6.93. The molecule has 1 aromatic carbocycles. The Hall–Kier alpha value is -0.580. The van der Waals surface area contributed by atoms with Crippen molar-refractivity contribution in [3.63, 3.8) is 0 Å². The molecule has 1 aromatic rings. The molecule has 17 heavy (non-hydrogen) atoms. The van der Waals surface area contributed by atoms with Crippen molar-refractivity contribution >= 4 is 11.4 Å². The average molecular weight is 257 g/mol. The molecule has 0 unspecified atom stereocenters. The van der Waals surface area contributed by atoms with Gasteiger partial charge in [-0.25, -0.2) is 4.39 Å². The first-order chi connectivity index (χ1) is 7.86. The van der Waals surface area contributed by atoms with Crippen LogP contribution in [0, 0.1) is 5.82 Å². The summed E-state index contributed by atoms with van der Waals surface area (Å²) >= 11 is -1.19. The van der Waals surface area contributed by atoms with E-state index in [4.69, 9.17) is 0 Å². The maximum Gasteiger partial charge on any atom is 0.136 e. The largest absolute Gasteiger partial charge is 0.598 e. The van der Waals surface area contributed by atoms with Gasteiger partial charge in [0.15, 0.2) is 0 Å². The molecule has 0 aliphatic carbocycles. The highest BCUT2D eigenvalue weighted by Crippen LogP contribution is 2.23. The van der Waals surface area contributed by atoms with E-state index in [1.807, 2.05) is 27.7 Å². The van der Waals surface area contributed by atoms with Gasteiger partial charge in [-0.05, 0) is 33.3 Å². The Kier molecular flexibility index (Phi) is 4.98. The molecule has 1 N–H and O–H groups in total. The first kappa shape index (κ1) is 14.5. The van der Waals surface area contributed by atoms with Crippen LogP contribution in [-0.2, 0) is 11.4 Å². The van der Waals surface area contributed by atoms with Crippen LogP contribution in [-0.4, -0.2) is 9.30 Å². The van der Waals surface area contributed by atoms with E-state index in [1.54, 1.807) is 18.2 Å². The van der Waals surface area contributed by atoms with Crippen LogP contribution in [0.25, 0.3) is 0 Å². The van der Waals surface area contributed by atoms with Gasteiger partial charge in [-0.3, -0.25) is 0 Å². The van der Waals surface area contributed by atoms with Crippen LogP contribution in [0.5, 0.6) is 0 Å². The Morgan fingerprint density at radius 3 is 2.41 bits per heavy atom. The monoisotopic (exact) mass is 257 g/mol. The standard InChI is InChI=1S/C13H20FNOS/c1-5-12(15-17(16)13(2,3)4)10-8-6-7-9-11(10)14/h6-9,12,15H,5H2,1-4H3/t12-,17-/m0/s1. The van der Waals surface area contributed by atoms with Gasteiger partial charge in [0.05, 0.1) is 6.04 Å². The van der Waals surface area contributed by atoms with Crippen molar-refractivity contribution in [2.75, 3.05) is 0 Å². The highest BCUT2D eigenvalue weighted by Gasteiger charge is 2.29. The van der Waals surface area contributed by atoms with Crippen LogP contribution < -0.4 is 4.72 Å². The van der Waals surface area contributed by atoms with Gasteiger partial charge < -0.3 is 4.55 Å². The smallest absolute Gasteiger partial charge is 0.136 e. The van der Waals surface area contributed by atoms with E-state index in [1.165, 1.54) is 6.07 Å². The fraction of sp³-hybridized carbons (Fsp3) is 0.538. The molecule has 0 saturated heterocycles. The van der Waals surface area contributed by atoms with E-state index >= 15 is 0 Å². The SMILES string of the molecule is CC[C@H](N[S@@+]([O-])C(C)(C)C)c1ccccc1F. The molecular formula is C13H20FNOS. The van der Waals surface area contributed by atoms with Gasteiger partial charge in [-0.1, -0.05) is 25.1 Å². The lowest BCUT2D eigenvalue weighted by Crippen LogP contribution is -2.41. The number of hydrogen-bond acceptors (Lipinski definition) is 2. The summed E-state index contributed by atoms with van der Waals surface area (Å²) < 4.78 is 28.3. The third-order valence-corrected chi connectivity index (χ3v) is 4.11. The van der Waals surface area contributed by atoms with Crippen molar-refractivity contribution in [3.05, 3.63) is 35.6 Å². The summed E-state index contributed by atoms with van der Waals surface area (Å²) in [5.74, 6) is -0.252. The lowest BCUT2D eigenvalue weighted by Gasteiger charge is -2.27. The van der Waals surface area contributed by atoms with Crippen LogP contribution in [0.15, 0.2) is 24.3 Å². The second-order valence-electron chi connectivity index (χ2n) is 4.98. The second-order valence-corrected chi connectivity index (χ2v) is 6.98. The van der Waals surface area contributed by atoms with Crippen LogP contribution in [0.4, 0.5) is 4.39 Å². The summed E-state index contributed by atoms with van der Waals surface area (Å²) in [6.45, 7) is 7.63. The van der Waals surface area contributed by atoms with Gasteiger partial charge in [-0.2, -0.15) is 0 Å². The quantitative estimate of drug-likeness (QED) is 0.840. The molecule has 4 heteroatoms. The van der Waals surface area contributed by atoms with Gasteiger partial charge in [-0.15, -0.1) is 4.72 Å². The second kappa shape index (κ2) is 5.85. The van der Waals surface area contributed by atoms with Crippen molar-refractivity contribution in [1.29, 1.82) is 0 Å². The molecule has 1 rings (SSSR count). The van der Waals surface area contributed by atoms with Gasteiger partial charge in [0, 0.05) is 16.9 Å². The van der Waals surface area contributed by atoms with Crippen LogP contribution in [0.1, 0.15) is 45.7 Å². The fourth-order valence-corrected chi connectivity index (χ4v) is 2.34. The fourth-order valence-electron chi connectivity index (χ4n) is 1.43. The van der Waals surface area contributed by atoms with Gasteiger partial charge in [0.25, 0.3) is 0 Å². The molecule has 0 fully saturated rings. The van der Waals surface area contributed by atoms with E-state index < -0.39 is 11.4 Å². The van der Waals surface area contributed by atoms with Crippen molar-refractivity contribution in [2.24, 2.45) is 0 Å². The summed E-state index contributed by atoms with van der Waals surface area (Å²) in [6.07, 6.45) is 0.697. The van der Waals surface area contributed by atoms with Crippen molar-refractivity contribution in [2.45, 2.75) is 44.9 Å². The van der Waals surface area contributed by atoms with E-state index in [0.29, 0.717) is 12.0 Å². The van der Waals surface area contributed by atoms with E-state index in [0.717, 1.165) is 0 Å². The zero-order valence-corrected chi connectivity index (χ0v) is 11.6. The zero-order valence-electron chi connectivity index (χ0n) is 10.8. The topological polar surface area (TPSA) is 35.1 Å². The van der Waals surface area contributed by atoms with Crippen molar-refractivity contribution in [1.82, 2.24) is 4.72 Å². The lowest BCUT2D eigenvalue weighted by atomic mass is 10.1. The third-order valence-electron chi connectivity index (χ3n) is 2.49. The molecular weight excluding hydrogens is 237 g/mol. The summed E-state index contributed by atoms with van der Waals surface area (Å²) in [6, 6.07) is 6.40. The highest BCUT2D eigenvalue weighted by molar-refractivity contribution is 7.90. The van der Waals surface area contributed by atoms with E-state index in [9.17, 15) is 8.94 Å². The molecule has 96 valence electrons. The summed E-state index contributed by atoms with van der Waals surface area (Å²) in [5.41, 5.74) is 0.576. The normalized spacial score (nSPS) is 15.6. The van der Waals surface area contributed by atoms with Crippen LogP contribution in [0.2, 0.25) is 0 Å². The molecule has 0 radical (unpaired) electrons. The lowest BCUT2D eigenvalue weighted by molar-refractivity contribution is 0.505. The Morgan fingerprint density at radius 1 is 1.35 bits per heavy atom. The first-order valence-electron chi connectivity index (χ1n) is 5.78. The molecule has 0 heterocycles. The molecule has 2 nitrogen and oxygen atoms in total. The predicted octanol–water partition coefficient (Wildman–Crippen LogP) is 3.33. The summed E-state index contributed by atoms with van der Waals surface area (Å²) in [5, 5.41) is 0. The number of hydrogen-bond donors (Lipinski definition) is 1. The number of benzene rings is 1. The molecule has 2 atom stereocenters. The minimum atomic E-state index is -1.19.